The number of hydrogen-bond acceptors (Lipinski definition) is 4. The third kappa shape index (κ3) is 4.69. The van der Waals surface area contributed by atoms with Crippen LogP contribution in [0.5, 0.6) is 0 Å². The summed E-state index contributed by atoms with van der Waals surface area (Å²) in [6.07, 6.45) is 3.42. The van der Waals surface area contributed by atoms with E-state index in [-0.39, 0.29) is 11.9 Å². The number of pyridine rings is 1. The summed E-state index contributed by atoms with van der Waals surface area (Å²) in [5.74, 6) is -0.105. The number of nitrogens with one attached hydrogen (secondary N) is 3. The van der Waals surface area contributed by atoms with E-state index in [0.29, 0.717) is 18.9 Å². The maximum Gasteiger partial charge on any atom is 0.301 e. The van der Waals surface area contributed by atoms with E-state index in [1.165, 1.54) is 4.90 Å². The van der Waals surface area contributed by atoms with Crippen LogP contribution in [0, 0.1) is 0 Å². The number of halogens is 1. The summed E-state index contributed by atoms with van der Waals surface area (Å²) < 4.78 is 6.43. The van der Waals surface area contributed by atoms with Crippen molar-refractivity contribution < 1.29 is 14.4 Å². The molecule has 1 fully saturated rings. The molecule has 1 aromatic heterocycles. The molecule has 0 spiro atoms. The van der Waals surface area contributed by atoms with Gasteiger partial charge in [-0.1, -0.05) is 34.6 Å². The zero-order valence-electron chi connectivity index (χ0n) is 14.4. The van der Waals surface area contributed by atoms with Crippen LogP contribution in [0.2, 0.25) is 0 Å². The molecule has 2 aromatic rings. The van der Waals surface area contributed by atoms with Gasteiger partial charge < -0.3 is 9.64 Å². The fraction of sp³-hybridized carbons (Fsp3) is 0.263. The number of amides is 1. The normalized spacial score (nSPS) is 15.9. The van der Waals surface area contributed by atoms with Crippen LogP contribution in [0.1, 0.15) is 17.2 Å². The van der Waals surface area contributed by atoms with Crippen molar-refractivity contribution >= 4 is 27.5 Å². The quantitative estimate of drug-likeness (QED) is 0.615. The maximum absolute atomic E-state index is 12.9. The van der Waals surface area contributed by atoms with Crippen molar-refractivity contribution in [1.82, 2.24) is 15.8 Å². The number of carbonyl (C=O) groups is 1. The third-order valence-electron chi connectivity index (χ3n) is 4.37. The van der Waals surface area contributed by atoms with Gasteiger partial charge in [0.2, 0.25) is 0 Å². The van der Waals surface area contributed by atoms with Gasteiger partial charge in [-0.15, -0.1) is 0 Å². The SMILES string of the molecule is C=C(NNC(=O)[C@H](c1ccncc1)[NH+]1CCOCC1)c1ccc(Br)cc1. The number of aromatic nitrogens is 1. The smallest absolute Gasteiger partial charge is 0.301 e. The molecule has 0 saturated carbocycles. The Labute approximate surface area is 161 Å². The zero-order chi connectivity index (χ0) is 18.4. The first-order chi connectivity index (χ1) is 12.6. The van der Waals surface area contributed by atoms with Crippen LogP contribution in [-0.4, -0.2) is 37.2 Å². The van der Waals surface area contributed by atoms with Gasteiger partial charge in [-0.25, -0.2) is 0 Å². The van der Waals surface area contributed by atoms with E-state index in [0.717, 1.165) is 28.7 Å². The maximum atomic E-state index is 12.9. The molecule has 1 aliphatic rings. The number of hydrazine groups is 1. The highest BCUT2D eigenvalue weighted by molar-refractivity contribution is 9.10. The van der Waals surface area contributed by atoms with Gasteiger partial charge in [-0.3, -0.25) is 20.6 Å². The highest BCUT2D eigenvalue weighted by Crippen LogP contribution is 2.15. The van der Waals surface area contributed by atoms with Crippen LogP contribution in [0.4, 0.5) is 0 Å². The molecule has 0 bridgehead atoms. The van der Waals surface area contributed by atoms with Crippen LogP contribution in [0.3, 0.4) is 0 Å². The first-order valence-electron chi connectivity index (χ1n) is 8.48. The highest BCUT2D eigenvalue weighted by Gasteiger charge is 2.33. The number of nitrogens with zero attached hydrogens (tertiary/aromatic N) is 1. The summed E-state index contributed by atoms with van der Waals surface area (Å²) in [5, 5.41) is 0. The highest BCUT2D eigenvalue weighted by atomic mass is 79.9. The van der Waals surface area contributed by atoms with Crippen molar-refractivity contribution in [3.05, 3.63) is 71.0 Å². The zero-order valence-corrected chi connectivity index (χ0v) is 16.0. The Hall–Kier alpha value is -2.22. The average Bonchev–Trinajstić information content (AvgIpc) is 2.68. The third-order valence-corrected chi connectivity index (χ3v) is 4.90. The van der Waals surface area contributed by atoms with Gasteiger partial charge in [0.25, 0.3) is 0 Å². The summed E-state index contributed by atoms with van der Waals surface area (Å²) >= 11 is 3.41. The lowest BCUT2D eigenvalue weighted by Crippen LogP contribution is -3.15. The molecule has 1 amide bonds. The summed E-state index contributed by atoms with van der Waals surface area (Å²) in [7, 11) is 0. The largest absolute Gasteiger partial charge is 0.370 e. The number of morpholine rings is 1. The number of hydrogen-bond donors (Lipinski definition) is 3. The summed E-state index contributed by atoms with van der Waals surface area (Å²) in [6.45, 7) is 6.88. The molecular formula is C19H22BrN4O2+. The lowest BCUT2D eigenvalue weighted by molar-refractivity contribution is -0.929. The van der Waals surface area contributed by atoms with Crippen molar-refractivity contribution in [3.8, 4) is 0 Å². The summed E-state index contributed by atoms with van der Waals surface area (Å²) in [4.78, 5) is 18.2. The van der Waals surface area contributed by atoms with Gasteiger partial charge in [-0.2, -0.15) is 0 Å². The van der Waals surface area contributed by atoms with Crippen molar-refractivity contribution in [3.63, 3.8) is 0 Å². The van der Waals surface area contributed by atoms with E-state index in [1.807, 2.05) is 36.4 Å². The molecule has 136 valence electrons. The molecule has 26 heavy (non-hydrogen) atoms. The minimum absolute atomic E-state index is 0.105. The van der Waals surface area contributed by atoms with E-state index in [4.69, 9.17) is 4.74 Å². The summed E-state index contributed by atoms with van der Waals surface area (Å²) in [6, 6.07) is 11.2. The Balaban J connectivity index is 1.69. The Morgan fingerprint density at radius 2 is 1.77 bits per heavy atom. The fourth-order valence-electron chi connectivity index (χ4n) is 2.98. The Morgan fingerprint density at radius 1 is 1.12 bits per heavy atom. The lowest BCUT2D eigenvalue weighted by Gasteiger charge is -2.31. The van der Waals surface area contributed by atoms with Crippen LogP contribution in [0.15, 0.2) is 59.8 Å². The van der Waals surface area contributed by atoms with Gasteiger partial charge in [0.05, 0.1) is 18.9 Å². The lowest BCUT2D eigenvalue weighted by atomic mass is 10.1. The Morgan fingerprint density at radius 3 is 2.42 bits per heavy atom. The van der Waals surface area contributed by atoms with E-state index in [9.17, 15) is 4.79 Å². The molecular weight excluding hydrogens is 396 g/mol. The number of benzene rings is 1. The topological polar surface area (TPSA) is 67.7 Å². The minimum atomic E-state index is -0.327. The summed E-state index contributed by atoms with van der Waals surface area (Å²) in [5.41, 5.74) is 8.23. The number of quaternary nitrogens is 1. The van der Waals surface area contributed by atoms with Crippen LogP contribution in [-0.2, 0) is 9.53 Å². The van der Waals surface area contributed by atoms with Crippen molar-refractivity contribution in [2.45, 2.75) is 6.04 Å². The predicted molar refractivity (Wildman–Crippen MR) is 103 cm³/mol. The second-order valence-electron chi connectivity index (χ2n) is 6.08. The Kier molecular flexibility index (Phi) is 6.38. The molecule has 1 atom stereocenters. The molecule has 7 heteroatoms. The van der Waals surface area contributed by atoms with E-state index in [1.54, 1.807) is 12.4 Å². The van der Waals surface area contributed by atoms with Gasteiger partial charge in [0.15, 0.2) is 6.04 Å². The van der Waals surface area contributed by atoms with Gasteiger partial charge in [0, 0.05) is 22.4 Å². The van der Waals surface area contributed by atoms with E-state index in [2.05, 4.69) is 38.3 Å². The first-order valence-corrected chi connectivity index (χ1v) is 9.27. The standard InChI is InChI=1S/C19H21BrN4O2/c1-14(15-2-4-17(20)5-3-15)22-23-19(25)18(16-6-8-21-9-7-16)24-10-12-26-13-11-24/h2-9,18,22H,1,10-13H2,(H,23,25)/p+1/t18-/m0/s1. The number of carbonyl (C=O) groups excluding carboxylic acids is 1. The second kappa shape index (κ2) is 8.93. The second-order valence-corrected chi connectivity index (χ2v) is 7.00. The number of ether oxygens (including phenoxy) is 1. The van der Waals surface area contributed by atoms with E-state index < -0.39 is 0 Å². The molecule has 1 saturated heterocycles. The van der Waals surface area contributed by atoms with Gasteiger partial charge in [-0.05, 0) is 29.8 Å². The minimum Gasteiger partial charge on any atom is -0.370 e. The van der Waals surface area contributed by atoms with Crippen molar-refractivity contribution in [2.24, 2.45) is 0 Å². The van der Waals surface area contributed by atoms with Crippen LogP contribution in [0.25, 0.3) is 5.70 Å². The average molecular weight is 418 g/mol. The predicted octanol–water partition coefficient (Wildman–Crippen LogP) is 1.09. The van der Waals surface area contributed by atoms with Crippen LogP contribution >= 0.6 is 15.9 Å². The Bertz CT molecular complexity index is 746. The molecule has 1 aromatic carbocycles. The molecule has 3 N–H and O–H groups in total. The van der Waals surface area contributed by atoms with Crippen molar-refractivity contribution in [1.29, 1.82) is 0 Å². The van der Waals surface area contributed by atoms with Crippen LogP contribution < -0.4 is 15.8 Å². The van der Waals surface area contributed by atoms with Gasteiger partial charge in [0.1, 0.15) is 13.1 Å². The molecule has 6 nitrogen and oxygen atoms in total. The molecule has 0 unspecified atom stereocenters. The van der Waals surface area contributed by atoms with E-state index >= 15 is 0 Å². The monoisotopic (exact) mass is 417 g/mol. The first kappa shape index (κ1) is 18.6. The molecule has 2 heterocycles. The molecule has 0 radical (unpaired) electrons. The number of rotatable bonds is 6. The van der Waals surface area contributed by atoms with Crippen molar-refractivity contribution in [2.75, 3.05) is 26.3 Å². The fourth-order valence-corrected chi connectivity index (χ4v) is 3.25. The van der Waals surface area contributed by atoms with Gasteiger partial charge >= 0.3 is 5.91 Å². The molecule has 1 aliphatic heterocycles. The molecule has 0 aliphatic carbocycles. The molecule has 3 rings (SSSR count).